The fourth-order valence-electron chi connectivity index (χ4n) is 2.16. The molecule has 98 valence electrons. The highest BCUT2D eigenvalue weighted by Gasteiger charge is 2.30. The van der Waals surface area contributed by atoms with Gasteiger partial charge in [0.15, 0.2) is 0 Å². The van der Waals surface area contributed by atoms with E-state index in [1.54, 1.807) is 0 Å². The van der Waals surface area contributed by atoms with Crippen molar-refractivity contribution in [3.63, 3.8) is 0 Å². The Hall–Kier alpha value is -1.57. The number of rotatable bonds is 2. The maximum atomic E-state index is 6.12. The highest BCUT2D eigenvalue weighted by molar-refractivity contribution is 14.1. The third-order valence-corrected chi connectivity index (χ3v) is 3.83. The van der Waals surface area contributed by atoms with Crippen molar-refractivity contribution in [1.29, 1.82) is 0 Å². The number of nitrogens with two attached hydrogens (primary N) is 2. The van der Waals surface area contributed by atoms with Crippen molar-refractivity contribution in [2.24, 2.45) is 11.7 Å². The van der Waals surface area contributed by atoms with Gasteiger partial charge in [-0.3, -0.25) is 0 Å². The molecule has 1 fully saturated rings. The highest BCUT2D eigenvalue weighted by Crippen LogP contribution is 2.35. The molecule has 19 heavy (non-hydrogen) atoms. The van der Waals surface area contributed by atoms with E-state index in [2.05, 4.69) is 46.9 Å². The van der Waals surface area contributed by atoms with E-state index in [4.69, 9.17) is 22.6 Å². The van der Waals surface area contributed by atoms with E-state index in [9.17, 15) is 0 Å². The summed E-state index contributed by atoms with van der Waals surface area (Å²) in [6.07, 6.45) is 7.69. The molecule has 1 saturated heterocycles. The predicted octanol–water partition coefficient (Wildman–Crippen LogP) is 1.78. The van der Waals surface area contributed by atoms with Crippen LogP contribution >= 0.6 is 22.6 Å². The molecule has 1 aliphatic heterocycles. The summed E-state index contributed by atoms with van der Waals surface area (Å²) in [5.74, 6) is 8.59. The summed E-state index contributed by atoms with van der Waals surface area (Å²) < 4.78 is 8.52. The van der Waals surface area contributed by atoms with E-state index >= 15 is 0 Å². The molecule has 4 nitrogen and oxygen atoms in total. The summed E-state index contributed by atoms with van der Waals surface area (Å²) in [5, 5.41) is 0. The maximum Gasteiger partial charge on any atom is 0.149 e. The summed E-state index contributed by atoms with van der Waals surface area (Å²) in [7, 11) is 0. The largest absolute Gasteiger partial charge is 0.399 e. The van der Waals surface area contributed by atoms with Gasteiger partial charge in [0.2, 0.25) is 0 Å². The summed E-state index contributed by atoms with van der Waals surface area (Å²) in [5.41, 5.74) is 13.1. The van der Waals surface area contributed by atoms with Crippen molar-refractivity contribution in [2.45, 2.75) is 12.6 Å². The normalized spacial score (nSPS) is 21.5. The summed E-state index contributed by atoms with van der Waals surface area (Å²) in [4.78, 5) is 0. The lowest BCUT2D eigenvalue weighted by molar-refractivity contribution is 0.0458. The number of terminal acetylenes is 1. The fraction of sp³-hybridized carbons (Fsp3) is 0.286. The van der Waals surface area contributed by atoms with E-state index in [1.165, 1.54) is 0 Å². The molecule has 0 bridgehead atoms. The van der Waals surface area contributed by atoms with Gasteiger partial charge in [0.25, 0.3) is 0 Å². The first-order valence-corrected chi connectivity index (χ1v) is 6.82. The molecule has 4 N–H and O–H groups in total. The van der Waals surface area contributed by atoms with E-state index in [0.717, 1.165) is 15.6 Å². The molecule has 0 amide bonds. The Morgan fingerprint density at radius 2 is 2.37 bits per heavy atom. The first-order valence-electron chi connectivity index (χ1n) is 5.74. The van der Waals surface area contributed by atoms with E-state index in [-0.39, 0.29) is 12.1 Å². The Kier molecular flexibility index (Phi) is 4.08. The fourth-order valence-corrected chi connectivity index (χ4v) is 3.09. The van der Waals surface area contributed by atoms with Crippen molar-refractivity contribution in [2.75, 3.05) is 12.3 Å². The van der Waals surface area contributed by atoms with E-state index < -0.39 is 0 Å². The van der Waals surface area contributed by atoms with Gasteiger partial charge in [-0.1, -0.05) is 12.5 Å². The quantitative estimate of drug-likeness (QED) is 0.619. The van der Waals surface area contributed by atoms with Gasteiger partial charge in [0.1, 0.15) is 12.0 Å². The van der Waals surface area contributed by atoms with E-state index in [1.807, 2.05) is 10.8 Å². The van der Waals surface area contributed by atoms with E-state index in [0.29, 0.717) is 18.1 Å². The second-order valence-electron chi connectivity index (χ2n) is 4.24. The molecule has 0 saturated carbocycles. The number of nitrogen functional groups attached to an aromatic ring is 1. The number of anilines is 1. The van der Waals surface area contributed by atoms with Crippen molar-refractivity contribution in [3.05, 3.63) is 21.9 Å². The second kappa shape index (κ2) is 5.60. The van der Waals surface area contributed by atoms with Crippen LogP contribution in [0.25, 0.3) is 5.70 Å². The van der Waals surface area contributed by atoms with Gasteiger partial charge in [0, 0.05) is 15.5 Å². The molecule has 2 heterocycles. The number of hydrogen-bond donors (Lipinski definition) is 2. The van der Waals surface area contributed by atoms with Crippen LogP contribution in [-0.2, 0) is 4.74 Å². The van der Waals surface area contributed by atoms with Crippen LogP contribution in [0.1, 0.15) is 18.2 Å². The molecule has 1 aliphatic rings. The zero-order valence-corrected chi connectivity index (χ0v) is 12.5. The minimum atomic E-state index is -0.220. The maximum absolute atomic E-state index is 6.12. The van der Waals surface area contributed by atoms with Crippen LogP contribution in [0, 0.1) is 33.7 Å². The Morgan fingerprint density at radius 3 is 2.95 bits per heavy atom. The monoisotopic (exact) mass is 367 g/mol. The summed E-state index contributed by atoms with van der Waals surface area (Å²) >= 11 is 2.18. The molecule has 0 aliphatic carbocycles. The highest BCUT2D eigenvalue weighted by atomic mass is 127. The third-order valence-electron chi connectivity index (χ3n) is 3.01. The van der Waals surface area contributed by atoms with Gasteiger partial charge in [0.05, 0.1) is 18.1 Å². The zero-order valence-electron chi connectivity index (χ0n) is 10.3. The first kappa shape index (κ1) is 13.9. The van der Waals surface area contributed by atoms with Crippen LogP contribution in [-0.4, -0.2) is 11.2 Å². The summed E-state index contributed by atoms with van der Waals surface area (Å²) in [6, 6.07) is 0. The van der Waals surface area contributed by atoms with Gasteiger partial charge >= 0.3 is 0 Å². The Labute approximate surface area is 126 Å². The predicted molar refractivity (Wildman–Crippen MR) is 84.5 cm³/mol. The van der Waals surface area contributed by atoms with Crippen molar-refractivity contribution in [1.82, 2.24) is 4.57 Å². The topological polar surface area (TPSA) is 66.2 Å². The van der Waals surface area contributed by atoms with Crippen molar-refractivity contribution >= 4 is 34.1 Å². The average Bonchev–Trinajstić information content (AvgIpc) is 2.90. The molecule has 0 spiro atoms. The zero-order chi connectivity index (χ0) is 14.0. The number of halogens is 1. The van der Waals surface area contributed by atoms with Crippen molar-refractivity contribution < 1.29 is 4.74 Å². The molecule has 0 radical (unpaired) electrons. The lowest BCUT2D eigenvalue weighted by atomic mass is 10.1. The molecule has 2 rings (SSSR count). The number of hydrogen-bond acceptors (Lipinski definition) is 3. The van der Waals surface area contributed by atoms with Crippen LogP contribution in [0.5, 0.6) is 0 Å². The van der Waals surface area contributed by atoms with Crippen LogP contribution in [0.3, 0.4) is 0 Å². The molecule has 0 aromatic carbocycles. The molecule has 1 aromatic rings. The van der Waals surface area contributed by atoms with Crippen LogP contribution in [0.2, 0.25) is 0 Å². The average molecular weight is 367 g/mol. The Bertz CT molecular complexity index is 615. The number of ether oxygens (including phenoxy) is 1. The van der Waals surface area contributed by atoms with Crippen molar-refractivity contribution in [3.8, 4) is 24.2 Å². The van der Waals surface area contributed by atoms with Gasteiger partial charge < -0.3 is 20.8 Å². The van der Waals surface area contributed by atoms with Crippen LogP contribution in [0.4, 0.5) is 5.82 Å². The molecule has 5 heteroatoms. The number of aromatic nitrogens is 1. The second-order valence-corrected chi connectivity index (χ2v) is 5.40. The minimum Gasteiger partial charge on any atom is -0.399 e. The lowest BCUT2D eigenvalue weighted by Gasteiger charge is -2.18. The minimum absolute atomic E-state index is 0.0421. The first-order chi connectivity index (χ1) is 9.06. The molecular formula is C14H14IN3O. The molecule has 2 atom stereocenters. The van der Waals surface area contributed by atoms with Gasteiger partial charge in [-0.25, -0.2) is 0 Å². The SMILES string of the molecule is C#CC#C[C@H]1CCO[C@H]1n1cc(I)c(C(=C)N)c1N. The van der Waals surface area contributed by atoms with Crippen LogP contribution < -0.4 is 11.5 Å². The standard InChI is InChI=1S/C14H14IN3O/c1-3-4-5-10-6-7-19-14(10)18-8-11(15)12(9(2)16)13(18)17/h1,8,10,14H,2,6-7,16-17H2/t10-,14+/m0/s1. The lowest BCUT2D eigenvalue weighted by Crippen LogP contribution is -2.16. The van der Waals surface area contributed by atoms with Gasteiger partial charge in [-0.2, -0.15) is 0 Å². The summed E-state index contributed by atoms with van der Waals surface area (Å²) in [6.45, 7) is 4.38. The molecular weight excluding hydrogens is 353 g/mol. The third kappa shape index (κ3) is 2.58. The van der Waals surface area contributed by atoms with Gasteiger partial charge in [-0.05, 0) is 40.9 Å². The number of nitrogens with zero attached hydrogens (tertiary/aromatic N) is 1. The Balaban J connectivity index is 2.40. The van der Waals surface area contributed by atoms with Gasteiger partial charge in [-0.15, -0.1) is 6.42 Å². The molecule has 1 aromatic heterocycles. The Morgan fingerprint density at radius 1 is 1.63 bits per heavy atom. The molecule has 0 unspecified atom stereocenters. The smallest absolute Gasteiger partial charge is 0.149 e. The van der Waals surface area contributed by atoms with Crippen LogP contribution in [0.15, 0.2) is 12.8 Å².